The lowest BCUT2D eigenvalue weighted by Gasteiger charge is -2.10. The normalized spacial score (nSPS) is 11.6. The topological polar surface area (TPSA) is 68.9 Å². The largest absolute Gasteiger partial charge is 0.392 e. The van der Waals surface area contributed by atoms with Crippen LogP contribution >= 0.6 is 0 Å². The molecular formula is C15H15N3O. The summed E-state index contributed by atoms with van der Waals surface area (Å²) in [4.78, 5) is 4.25. The number of benzene rings is 1. The minimum Gasteiger partial charge on any atom is -0.392 e. The number of nitrogens with one attached hydrogen (secondary N) is 1. The van der Waals surface area contributed by atoms with Crippen molar-refractivity contribution in [2.45, 2.75) is 13.0 Å². The average molecular weight is 253 g/mol. The highest BCUT2D eigenvalue weighted by Gasteiger charge is 2.07. The third kappa shape index (κ3) is 3.30. The molecule has 0 saturated carbocycles. The van der Waals surface area contributed by atoms with E-state index in [1.165, 1.54) is 0 Å². The van der Waals surface area contributed by atoms with Crippen LogP contribution in [0.5, 0.6) is 0 Å². The Kier molecular flexibility index (Phi) is 4.11. The fourth-order valence-electron chi connectivity index (χ4n) is 1.72. The maximum absolute atomic E-state index is 9.24. The second kappa shape index (κ2) is 5.98. The SMILES string of the molecule is C[C@H](O)CNc1ncc(-c2ccccc2)cc1C#N. The van der Waals surface area contributed by atoms with Gasteiger partial charge in [0.15, 0.2) is 0 Å². The van der Waals surface area contributed by atoms with E-state index in [-0.39, 0.29) is 0 Å². The number of hydrogen-bond acceptors (Lipinski definition) is 4. The summed E-state index contributed by atoms with van der Waals surface area (Å²) >= 11 is 0. The molecule has 0 saturated heterocycles. The summed E-state index contributed by atoms with van der Waals surface area (Å²) in [6.45, 7) is 2.05. The number of aromatic nitrogens is 1. The molecule has 0 bridgehead atoms. The van der Waals surface area contributed by atoms with E-state index in [2.05, 4.69) is 16.4 Å². The van der Waals surface area contributed by atoms with Crippen LogP contribution in [0.15, 0.2) is 42.6 Å². The summed E-state index contributed by atoms with van der Waals surface area (Å²) in [5.41, 5.74) is 2.40. The van der Waals surface area contributed by atoms with E-state index in [1.807, 2.05) is 30.3 Å². The second-order valence-electron chi connectivity index (χ2n) is 4.33. The zero-order chi connectivity index (χ0) is 13.7. The first kappa shape index (κ1) is 13.1. The van der Waals surface area contributed by atoms with Gasteiger partial charge in [0.05, 0.1) is 11.7 Å². The Balaban J connectivity index is 2.29. The molecule has 0 fully saturated rings. The molecule has 1 aromatic carbocycles. The number of pyridine rings is 1. The molecule has 4 nitrogen and oxygen atoms in total. The van der Waals surface area contributed by atoms with E-state index >= 15 is 0 Å². The second-order valence-corrected chi connectivity index (χ2v) is 4.33. The van der Waals surface area contributed by atoms with Gasteiger partial charge in [-0.25, -0.2) is 4.98 Å². The number of anilines is 1. The molecule has 0 amide bonds. The van der Waals surface area contributed by atoms with Gasteiger partial charge in [0.25, 0.3) is 0 Å². The van der Waals surface area contributed by atoms with Crippen LogP contribution < -0.4 is 5.32 Å². The fraction of sp³-hybridized carbons (Fsp3) is 0.200. The summed E-state index contributed by atoms with van der Waals surface area (Å²) < 4.78 is 0. The molecule has 2 N–H and O–H groups in total. The predicted octanol–water partition coefficient (Wildman–Crippen LogP) is 2.41. The van der Waals surface area contributed by atoms with Crippen LogP contribution in [0.25, 0.3) is 11.1 Å². The van der Waals surface area contributed by atoms with Crippen LogP contribution in [0.4, 0.5) is 5.82 Å². The molecule has 0 radical (unpaired) electrons. The lowest BCUT2D eigenvalue weighted by Crippen LogP contribution is -2.16. The van der Waals surface area contributed by atoms with Crippen LogP contribution in [-0.4, -0.2) is 22.7 Å². The Hall–Kier alpha value is -2.38. The zero-order valence-corrected chi connectivity index (χ0v) is 10.7. The van der Waals surface area contributed by atoms with Gasteiger partial charge in [-0.2, -0.15) is 5.26 Å². The van der Waals surface area contributed by atoms with Crippen molar-refractivity contribution in [3.8, 4) is 17.2 Å². The Labute approximate surface area is 112 Å². The molecule has 2 aromatic rings. The van der Waals surface area contributed by atoms with Gasteiger partial charge in [0, 0.05) is 18.3 Å². The minimum atomic E-state index is -0.484. The molecule has 19 heavy (non-hydrogen) atoms. The molecule has 0 spiro atoms. The molecule has 2 rings (SSSR count). The first-order valence-electron chi connectivity index (χ1n) is 6.08. The standard InChI is InChI=1S/C15H15N3O/c1-11(19)9-17-15-13(8-16)7-14(10-18-15)12-5-3-2-4-6-12/h2-7,10-11,19H,9H2,1H3,(H,17,18)/t11-/m0/s1. The number of aliphatic hydroxyl groups is 1. The number of hydrogen-bond donors (Lipinski definition) is 2. The Morgan fingerprint density at radius 3 is 2.68 bits per heavy atom. The van der Waals surface area contributed by atoms with Crippen molar-refractivity contribution in [1.82, 2.24) is 4.98 Å². The van der Waals surface area contributed by atoms with Gasteiger partial charge >= 0.3 is 0 Å². The number of rotatable bonds is 4. The first-order valence-corrected chi connectivity index (χ1v) is 6.08. The number of nitriles is 1. The Morgan fingerprint density at radius 2 is 2.05 bits per heavy atom. The van der Waals surface area contributed by atoms with Gasteiger partial charge in [0.2, 0.25) is 0 Å². The van der Waals surface area contributed by atoms with E-state index in [0.29, 0.717) is 17.9 Å². The maximum Gasteiger partial charge on any atom is 0.144 e. The molecule has 1 atom stereocenters. The first-order chi connectivity index (χ1) is 9.20. The molecule has 0 aliphatic heterocycles. The fourth-order valence-corrected chi connectivity index (χ4v) is 1.72. The summed E-state index contributed by atoms with van der Waals surface area (Å²) in [6, 6.07) is 13.7. The minimum absolute atomic E-state index is 0.367. The van der Waals surface area contributed by atoms with Crippen LogP contribution in [0, 0.1) is 11.3 Å². The van der Waals surface area contributed by atoms with E-state index in [9.17, 15) is 5.11 Å². The monoisotopic (exact) mass is 253 g/mol. The lowest BCUT2D eigenvalue weighted by atomic mass is 10.1. The van der Waals surface area contributed by atoms with Gasteiger partial charge in [-0.15, -0.1) is 0 Å². The molecule has 0 unspecified atom stereocenters. The third-order valence-electron chi connectivity index (χ3n) is 2.68. The van der Waals surface area contributed by atoms with Crippen molar-refractivity contribution >= 4 is 5.82 Å². The highest BCUT2D eigenvalue weighted by molar-refractivity contribution is 5.67. The van der Waals surface area contributed by atoms with Crippen LogP contribution in [0.1, 0.15) is 12.5 Å². The van der Waals surface area contributed by atoms with Crippen LogP contribution in [0.3, 0.4) is 0 Å². The smallest absolute Gasteiger partial charge is 0.144 e. The van der Waals surface area contributed by atoms with E-state index in [0.717, 1.165) is 11.1 Å². The van der Waals surface area contributed by atoms with Crippen molar-refractivity contribution in [2.75, 3.05) is 11.9 Å². The molecule has 0 aliphatic rings. The van der Waals surface area contributed by atoms with Crippen molar-refractivity contribution in [3.05, 3.63) is 48.2 Å². The Morgan fingerprint density at radius 1 is 1.32 bits per heavy atom. The number of nitrogens with zero attached hydrogens (tertiary/aromatic N) is 2. The molecule has 0 aliphatic carbocycles. The summed E-state index contributed by atoms with van der Waals surface area (Å²) in [7, 11) is 0. The van der Waals surface area contributed by atoms with Crippen molar-refractivity contribution in [2.24, 2.45) is 0 Å². The van der Waals surface area contributed by atoms with Crippen LogP contribution in [0.2, 0.25) is 0 Å². The van der Waals surface area contributed by atoms with Gasteiger partial charge < -0.3 is 10.4 Å². The van der Waals surface area contributed by atoms with Gasteiger partial charge in [-0.05, 0) is 18.6 Å². The van der Waals surface area contributed by atoms with E-state index in [4.69, 9.17) is 5.26 Å². The van der Waals surface area contributed by atoms with Gasteiger partial charge in [-0.1, -0.05) is 30.3 Å². The third-order valence-corrected chi connectivity index (χ3v) is 2.68. The zero-order valence-electron chi connectivity index (χ0n) is 10.7. The van der Waals surface area contributed by atoms with Gasteiger partial charge in [-0.3, -0.25) is 0 Å². The summed E-state index contributed by atoms with van der Waals surface area (Å²) in [6.07, 6.45) is 1.24. The average Bonchev–Trinajstić information content (AvgIpc) is 2.45. The lowest BCUT2D eigenvalue weighted by molar-refractivity contribution is 0.208. The molecule has 1 aromatic heterocycles. The van der Waals surface area contributed by atoms with Gasteiger partial charge in [0.1, 0.15) is 11.9 Å². The number of aliphatic hydroxyl groups excluding tert-OH is 1. The molecular weight excluding hydrogens is 238 g/mol. The summed E-state index contributed by atoms with van der Waals surface area (Å²) in [5, 5.41) is 21.4. The highest BCUT2D eigenvalue weighted by Crippen LogP contribution is 2.22. The Bertz CT molecular complexity index is 588. The van der Waals surface area contributed by atoms with Crippen molar-refractivity contribution < 1.29 is 5.11 Å². The predicted molar refractivity (Wildman–Crippen MR) is 74.6 cm³/mol. The van der Waals surface area contributed by atoms with Crippen molar-refractivity contribution in [1.29, 1.82) is 5.26 Å². The van der Waals surface area contributed by atoms with E-state index < -0.39 is 6.10 Å². The summed E-state index contributed by atoms with van der Waals surface area (Å²) in [5.74, 6) is 0.503. The van der Waals surface area contributed by atoms with Crippen LogP contribution in [-0.2, 0) is 0 Å². The van der Waals surface area contributed by atoms with E-state index in [1.54, 1.807) is 19.2 Å². The highest BCUT2D eigenvalue weighted by atomic mass is 16.3. The molecule has 1 heterocycles. The quantitative estimate of drug-likeness (QED) is 0.878. The molecule has 4 heteroatoms. The molecule has 96 valence electrons. The van der Waals surface area contributed by atoms with Crippen molar-refractivity contribution in [3.63, 3.8) is 0 Å². The maximum atomic E-state index is 9.24.